The number of hydrogen-bond acceptors (Lipinski definition) is 3. The van der Waals surface area contributed by atoms with Crippen LogP contribution in [0.15, 0.2) is 10.7 Å². The molecule has 0 bridgehead atoms. The first kappa shape index (κ1) is 12.8. The molecule has 0 saturated heterocycles. The van der Waals surface area contributed by atoms with Crippen LogP contribution in [0.5, 0.6) is 0 Å². The van der Waals surface area contributed by atoms with E-state index in [1.54, 1.807) is 0 Å². The second-order valence-corrected chi connectivity index (χ2v) is 6.05. The predicted octanol–water partition coefficient (Wildman–Crippen LogP) is 3.60. The molecule has 0 unspecified atom stereocenters. The van der Waals surface area contributed by atoms with Crippen LogP contribution >= 0.6 is 15.9 Å². The topological polar surface area (TPSA) is 29.0 Å². The van der Waals surface area contributed by atoms with Gasteiger partial charge in [0.05, 0.1) is 0 Å². The maximum atomic E-state index is 4.63. The van der Waals surface area contributed by atoms with Gasteiger partial charge in [0, 0.05) is 25.6 Å². The molecule has 0 radical (unpaired) electrons. The summed E-state index contributed by atoms with van der Waals surface area (Å²) in [5.74, 6) is 3.16. The fourth-order valence-corrected chi connectivity index (χ4v) is 2.42. The van der Waals surface area contributed by atoms with Crippen LogP contribution in [-0.2, 0) is 0 Å². The average Bonchev–Trinajstić information content (AvgIpc) is 2.22. The Bertz CT molecular complexity index is 388. The van der Waals surface area contributed by atoms with Crippen LogP contribution in [-0.4, -0.2) is 23.6 Å². The summed E-state index contributed by atoms with van der Waals surface area (Å²) in [5, 5.41) is 0. The minimum absolute atomic E-state index is 0.364. The smallest absolute Gasteiger partial charge is 0.134 e. The molecule has 0 aromatic carbocycles. The van der Waals surface area contributed by atoms with Gasteiger partial charge in [0.15, 0.2) is 0 Å². The maximum absolute atomic E-state index is 4.63. The predicted molar refractivity (Wildman–Crippen MR) is 74.4 cm³/mol. The van der Waals surface area contributed by atoms with E-state index >= 15 is 0 Å². The fourth-order valence-electron chi connectivity index (χ4n) is 2.03. The third-order valence-corrected chi connectivity index (χ3v) is 3.77. The molecule has 1 saturated carbocycles. The Morgan fingerprint density at radius 3 is 2.65 bits per heavy atom. The zero-order chi connectivity index (χ0) is 12.4. The lowest BCUT2D eigenvalue weighted by molar-refractivity contribution is 0.321. The highest BCUT2D eigenvalue weighted by Crippen LogP contribution is 2.28. The number of halogens is 1. The molecule has 1 aromatic heterocycles. The lowest BCUT2D eigenvalue weighted by Gasteiger charge is -2.30. The highest BCUT2D eigenvalue weighted by molar-refractivity contribution is 9.10. The van der Waals surface area contributed by atoms with Crippen molar-refractivity contribution in [3.63, 3.8) is 0 Å². The van der Waals surface area contributed by atoms with Gasteiger partial charge in [-0.3, -0.25) is 0 Å². The number of rotatable bonds is 4. The minimum Gasteiger partial charge on any atom is -0.359 e. The van der Waals surface area contributed by atoms with Crippen LogP contribution in [0.2, 0.25) is 0 Å². The van der Waals surface area contributed by atoms with Crippen LogP contribution < -0.4 is 4.90 Å². The summed E-state index contributed by atoms with van der Waals surface area (Å²) in [5.41, 5.74) is 0. The quantitative estimate of drug-likeness (QED) is 0.795. The van der Waals surface area contributed by atoms with E-state index in [0.717, 1.165) is 28.7 Å². The Hall–Kier alpha value is -0.640. The molecule has 1 aliphatic carbocycles. The molecule has 94 valence electrons. The zero-order valence-electron chi connectivity index (χ0n) is 10.8. The highest BCUT2D eigenvalue weighted by atomic mass is 79.9. The Morgan fingerprint density at radius 2 is 2.12 bits per heavy atom. The van der Waals surface area contributed by atoms with E-state index in [1.807, 2.05) is 6.07 Å². The molecule has 1 aromatic rings. The van der Waals surface area contributed by atoms with Crippen molar-refractivity contribution >= 4 is 21.7 Å². The summed E-state index contributed by atoms with van der Waals surface area (Å²) in [6.45, 7) is 5.36. The lowest BCUT2D eigenvalue weighted by Crippen LogP contribution is -2.30. The van der Waals surface area contributed by atoms with Crippen molar-refractivity contribution in [2.75, 3.05) is 18.5 Å². The molecule has 0 aliphatic heterocycles. The van der Waals surface area contributed by atoms with Gasteiger partial charge in [-0.05, 0) is 34.7 Å². The van der Waals surface area contributed by atoms with Crippen molar-refractivity contribution in [1.29, 1.82) is 0 Å². The number of nitrogens with zero attached hydrogens (tertiary/aromatic N) is 3. The first-order valence-electron chi connectivity index (χ1n) is 6.32. The van der Waals surface area contributed by atoms with Crippen molar-refractivity contribution in [2.45, 2.75) is 39.0 Å². The Kier molecular flexibility index (Phi) is 4.02. The monoisotopic (exact) mass is 297 g/mol. The first-order valence-corrected chi connectivity index (χ1v) is 7.11. The van der Waals surface area contributed by atoms with E-state index in [4.69, 9.17) is 0 Å². The molecule has 4 heteroatoms. The summed E-state index contributed by atoms with van der Waals surface area (Å²) in [6, 6.07) is 2.00. The van der Waals surface area contributed by atoms with E-state index in [1.165, 1.54) is 19.3 Å². The second-order valence-electron chi connectivity index (χ2n) is 5.24. The number of aromatic nitrogens is 2. The number of anilines is 1. The van der Waals surface area contributed by atoms with Gasteiger partial charge in [-0.2, -0.15) is 0 Å². The molecule has 0 N–H and O–H groups in total. The molecule has 0 amide bonds. The van der Waals surface area contributed by atoms with Crippen molar-refractivity contribution in [2.24, 2.45) is 5.92 Å². The third kappa shape index (κ3) is 3.18. The lowest BCUT2D eigenvalue weighted by atomic mass is 9.85. The summed E-state index contributed by atoms with van der Waals surface area (Å²) in [4.78, 5) is 11.3. The molecule has 3 nitrogen and oxygen atoms in total. The molecular formula is C13H20BrN3. The standard InChI is InChI=1S/C13H20BrN3/c1-9(2)13-15-11(14)7-12(16-13)17(3)8-10-5-4-6-10/h7,9-10H,4-6,8H2,1-3H3. The van der Waals surface area contributed by atoms with Gasteiger partial charge < -0.3 is 4.90 Å². The van der Waals surface area contributed by atoms with Crippen molar-refractivity contribution in [1.82, 2.24) is 9.97 Å². The van der Waals surface area contributed by atoms with Gasteiger partial charge in [-0.15, -0.1) is 0 Å². The van der Waals surface area contributed by atoms with E-state index in [-0.39, 0.29) is 0 Å². The third-order valence-electron chi connectivity index (χ3n) is 3.36. The SMILES string of the molecule is CC(C)c1nc(Br)cc(N(C)CC2CCC2)n1. The van der Waals surface area contributed by atoms with Crippen molar-refractivity contribution in [3.05, 3.63) is 16.5 Å². The largest absolute Gasteiger partial charge is 0.359 e. The Balaban J connectivity index is 2.12. The highest BCUT2D eigenvalue weighted by Gasteiger charge is 2.20. The van der Waals surface area contributed by atoms with Crippen LogP contribution in [0, 0.1) is 5.92 Å². The average molecular weight is 298 g/mol. The molecule has 1 fully saturated rings. The molecule has 2 rings (SSSR count). The van der Waals surface area contributed by atoms with Gasteiger partial charge in [-0.1, -0.05) is 20.3 Å². The molecule has 0 spiro atoms. The van der Waals surface area contributed by atoms with Gasteiger partial charge in [0.2, 0.25) is 0 Å². The van der Waals surface area contributed by atoms with Crippen LogP contribution in [0.1, 0.15) is 44.9 Å². The second kappa shape index (κ2) is 5.34. The maximum Gasteiger partial charge on any atom is 0.134 e. The van der Waals surface area contributed by atoms with E-state index in [2.05, 4.69) is 51.7 Å². The zero-order valence-corrected chi connectivity index (χ0v) is 12.4. The van der Waals surface area contributed by atoms with Gasteiger partial charge in [-0.25, -0.2) is 9.97 Å². The summed E-state index contributed by atoms with van der Waals surface area (Å²) >= 11 is 3.47. The van der Waals surface area contributed by atoms with E-state index in [9.17, 15) is 0 Å². The van der Waals surface area contributed by atoms with Gasteiger partial charge in [0.1, 0.15) is 16.2 Å². The molecule has 1 heterocycles. The van der Waals surface area contributed by atoms with E-state index in [0.29, 0.717) is 5.92 Å². The molecule has 1 aliphatic rings. The van der Waals surface area contributed by atoms with Crippen molar-refractivity contribution in [3.8, 4) is 0 Å². The van der Waals surface area contributed by atoms with Crippen molar-refractivity contribution < 1.29 is 0 Å². The summed E-state index contributed by atoms with van der Waals surface area (Å²) in [7, 11) is 2.12. The van der Waals surface area contributed by atoms with Gasteiger partial charge >= 0.3 is 0 Å². The van der Waals surface area contributed by atoms with E-state index < -0.39 is 0 Å². The van der Waals surface area contributed by atoms with Crippen LogP contribution in [0.25, 0.3) is 0 Å². The summed E-state index contributed by atoms with van der Waals surface area (Å²) in [6.07, 6.45) is 4.13. The number of hydrogen-bond donors (Lipinski definition) is 0. The minimum atomic E-state index is 0.364. The summed E-state index contributed by atoms with van der Waals surface area (Å²) < 4.78 is 0.881. The fraction of sp³-hybridized carbons (Fsp3) is 0.692. The molecule has 17 heavy (non-hydrogen) atoms. The Labute approximate surface area is 112 Å². The molecular weight excluding hydrogens is 278 g/mol. The van der Waals surface area contributed by atoms with Crippen LogP contribution in [0.4, 0.5) is 5.82 Å². The normalized spacial score (nSPS) is 16.1. The van der Waals surface area contributed by atoms with Crippen LogP contribution in [0.3, 0.4) is 0 Å². The van der Waals surface area contributed by atoms with Gasteiger partial charge in [0.25, 0.3) is 0 Å². The first-order chi connectivity index (χ1) is 8.06. The molecule has 0 atom stereocenters. The Morgan fingerprint density at radius 1 is 1.41 bits per heavy atom.